The van der Waals surface area contributed by atoms with E-state index in [-0.39, 0.29) is 0 Å². The summed E-state index contributed by atoms with van der Waals surface area (Å²) in [6.45, 7) is 0. The largest absolute Gasteiger partial charge is 0.459 e. The van der Waals surface area contributed by atoms with E-state index in [0.717, 1.165) is 0 Å². The van der Waals surface area contributed by atoms with E-state index in [4.69, 9.17) is 0 Å². The van der Waals surface area contributed by atoms with Gasteiger partial charge >= 0.3 is 30.1 Å². The van der Waals surface area contributed by atoms with Gasteiger partial charge in [0.25, 0.3) is 0 Å². The fraction of sp³-hybridized carbons (Fsp3) is 1.00. The molecule has 0 aliphatic rings. The van der Waals surface area contributed by atoms with Crippen LogP contribution >= 0.6 is 0 Å². The van der Waals surface area contributed by atoms with Crippen molar-refractivity contribution in [3.63, 3.8) is 0 Å². The van der Waals surface area contributed by atoms with Crippen LogP contribution in [0, 0.1) is 0 Å². The number of alkyl halides is 12. The van der Waals surface area contributed by atoms with Gasteiger partial charge in [-0.25, -0.2) is 0 Å². The first-order chi connectivity index (χ1) is 8.46. The lowest BCUT2D eigenvalue weighted by atomic mass is 10.0. The fourth-order valence-electron chi connectivity index (χ4n) is 1.04. The monoisotopic (exact) mass is 330 g/mol. The van der Waals surface area contributed by atoms with Gasteiger partial charge in [0.15, 0.2) is 0 Å². The SMILES string of the molecule is FC(F)(F)C(F)(F)CCCC(F)(F)C(F)(F)C(F)(F)F. The van der Waals surface area contributed by atoms with Gasteiger partial charge in [-0.3, -0.25) is 0 Å². The molecule has 0 atom stereocenters. The van der Waals surface area contributed by atoms with Crippen LogP contribution in [0.1, 0.15) is 19.3 Å². The molecule has 0 aromatic rings. The van der Waals surface area contributed by atoms with Gasteiger partial charge in [0.2, 0.25) is 0 Å². The summed E-state index contributed by atoms with van der Waals surface area (Å²) in [6, 6.07) is 0. The molecule has 12 heteroatoms. The van der Waals surface area contributed by atoms with Gasteiger partial charge in [0.05, 0.1) is 0 Å². The van der Waals surface area contributed by atoms with E-state index in [1.807, 2.05) is 0 Å². The molecule has 0 rings (SSSR count). The maximum Gasteiger partial charge on any atom is 0.459 e. The second-order valence-corrected chi connectivity index (χ2v) is 3.83. The van der Waals surface area contributed by atoms with Gasteiger partial charge in [-0.2, -0.15) is 52.7 Å². The molecule has 122 valence electrons. The Balaban J connectivity index is 4.76. The number of hydrogen-bond donors (Lipinski definition) is 0. The van der Waals surface area contributed by atoms with Crippen molar-refractivity contribution < 1.29 is 52.7 Å². The molecule has 0 heterocycles. The lowest BCUT2D eigenvalue weighted by Crippen LogP contribution is -2.52. The Morgan fingerprint density at radius 3 is 1.10 bits per heavy atom. The highest BCUT2D eigenvalue weighted by molar-refractivity contribution is 4.91. The molecule has 0 bridgehead atoms. The zero-order valence-electron chi connectivity index (χ0n) is 9.16. The molecule has 0 aliphatic heterocycles. The summed E-state index contributed by atoms with van der Waals surface area (Å²) in [6.07, 6.45) is -19.4. The van der Waals surface area contributed by atoms with Crippen LogP contribution in [0.4, 0.5) is 52.7 Å². The molecule has 0 nitrogen and oxygen atoms in total. The zero-order valence-corrected chi connectivity index (χ0v) is 9.16. The van der Waals surface area contributed by atoms with Crippen LogP contribution in [-0.4, -0.2) is 30.1 Å². The highest BCUT2D eigenvalue weighted by atomic mass is 19.4. The van der Waals surface area contributed by atoms with Crippen molar-refractivity contribution in [2.75, 3.05) is 0 Å². The van der Waals surface area contributed by atoms with Crippen LogP contribution in [0.2, 0.25) is 0 Å². The molecule has 0 spiro atoms. The minimum atomic E-state index is -6.65. The highest BCUT2D eigenvalue weighted by Gasteiger charge is 2.72. The Kier molecular flexibility index (Phi) is 4.95. The Hall–Kier alpha value is -0.840. The summed E-state index contributed by atoms with van der Waals surface area (Å²) >= 11 is 0. The van der Waals surface area contributed by atoms with Crippen molar-refractivity contribution in [3.05, 3.63) is 0 Å². The smallest absolute Gasteiger partial charge is 0.200 e. The van der Waals surface area contributed by atoms with Gasteiger partial charge in [0, 0.05) is 12.8 Å². The first-order valence-electron chi connectivity index (χ1n) is 4.72. The first-order valence-corrected chi connectivity index (χ1v) is 4.72. The molecular formula is C8H6F12. The lowest BCUT2D eigenvalue weighted by molar-refractivity contribution is -0.356. The minimum absolute atomic E-state index is 1.87. The lowest BCUT2D eigenvalue weighted by Gasteiger charge is -2.28. The zero-order chi connectivity index (χ0) is 16.6. The van der Waals surface area contributed by atoms with E-state index in [1.54, 1.807) is 0 Å². The van der Waals surface area contributed by atoms with Crippen LogP contribution in [0.5, 0.6) is 0 Å². The molecule has 0 radical (unpaired) electrons. The predicted molar refractivity (Wildman–Crippen MR) is 40.8 cm³/mol. The van der Waals surface area contributed by atoms with Gasteiger partial charge < -0.3 is 0 Å². The van der Waals surface area contributed by atoms with Crippen LogP contribution in [-0.2, 0) is 0 Å². The Morgan fingerprint density at radius 2 is 0.800 bits per heavy atom. The average Bonchev–Trinajstić information content (AvgIpc) is 2.12. The molecular weight excluding hydrogens is 324 g/mol. The molecule has 0 amide bonds. The topological polar surface area (TPSA) is 0 Å². The third-order valence-corrected chi connectivity index (χ3v) is 2.21. The van der Waals surface area contributed by atoms with Crippen molar-refractivity contribution in [2.24, 2.45) is 0 Å². The molecule has 0 N–H and O–H groups in total. The quantitative estimate of drug-likeness (QED) is 0.609. The number of hydrogen-bond acceptors (Lipinski definition) is 0. The molecule has 0 unspecified atom stereocenters. The van der Waals surface area contributed by atoms with Gasteiger partial charge in [-0.05, 0) is 6.42 Å². The van der Waals surface area contributed by atoms with E-state index in [9.17, 15) is 52.7 Å². The normalized spacial score (nSPS) is 15.6. The number of halogens is 12. The third kappa shape index (κ3) is 3.84. The molecule has 0 saturated heterocycles. The Labute approximate surface area is 103 Å². The third-order valence-electron chi connectivity index (χ3n) is 2.21. The summed E-state index contributed by atoms with van der Waals surface area (Å²) in [5.41, 5.74) is 0. The van der Waals surface area contributed by atoms with Crippen molar-refractivity contribution in [1.29, 1.82) is 0 Å². The molecule has 0 aromatic heterocycles. The van der Waals surface area contributed by atoms with Crippen LogP contribution < -0.4 is 0 Å². The maximum absolute atomic E-state index is 12.6. The standard InChI is InChI=1S/C8H6F12/c9-4(10,6(13,14)8(18,19)20)2-1-3-5(11,12)7(15,16)17/h1-3H2. The van der Waals surface area contributed by atoms with Gasteiger partial charge in [-0.1, -0.05) is 0 Å². The first kappa shape index (κ1) is 19.2. The van der Waals surface area contributed by atoms with Crippen LogP contribution in [0.25, 0.3) is 0 Å². The molecule has 0 aliphatic carbocycles. The molecule has 0 fully saturated rings. The second-order valence-electron chi connectivity index (χ2n) is 3.83. The van der Waals surface area contributed by atoms with Crippen molar-refractivity contribution >= 4 is 0 Å². The fourth-order valence-corrected chi connectivity index (χ4v) is 1.04. The van der Waals surface area contributed by atoms with Gasteiger partial charge in [0.1, 0.15) is 0 Å². The molecule has 20 heavy (non-hydrogen) atoms. The number of rotatable bonds is 5. The van der Waals surface area contributed by atoms with Crippen molar-refractivity contribution in [3.8, 4) is 0 Å². The highest BCUT2D eigenvalue weighted by Crippen LogP contribution is 2.49. The second kappa shape index (κ2) is 5.17. The predicted octanol–water partition coefficient (Wildman–Crippen LogP) is 5.19. The maximum atomic E-state index is 12.6. The van der Waals surface area contributed by atoms with Crippen LogP contribution in [0.3, 0.4) is 0 Å². The van der Waals surface area contributed by atoms with E-state index < -0.39 is 49.4 Å². The van der Waals surface area contributed by atoms with Crippen molar-refractivity contribution in [2.45, 2.75) is 49.4 Å². The van der Waals surface area contributed by atoms with E-state index >= 15 is 0 Å². The Bertz CT molecular complexity index is 321. The van der Waals surface area contributed by atoms with E-state index in [2.05, 4.69) is 0 Å². The summed E-state index contributed by atoms with van der Waals surface area (Å²) in [5.74, 6) is -17.8. The average molecular weight is 330 g/mol. The summed E-state index contributed by atoms with van der Waals surface area (Å²) in [7, 11) is 0. The summed E-state index contributed by atoms with van der Waals surface area (Å²) < 4.78 is 144. The van der Waals surface area contributed by atoms with Crippen molar-refractivity contribution in [1.82, 2.24) is 0 Å². The molecule has 0 saturated carbocycles. The Morgan fingerprint density at radius 1 is 0.450 bits per heavy atom. The summed E-state index contributed by atoms with van der Waals surface area (Å²) in [5, 5.41) is 0. The van der Waals surface area contributed by atoms with Crippen LogP contribution in [0.15, 0.2) is 0 Å². The molecule has 0 aromatic carbocycles. The van der Waals surface area contributed by atoms with E-state index in [1.165, 1.54) is 0 Å². The van der Waals surface area contributed by atoms with E-state index in [0.29, 0.717) is 0 Å². The minimum Gasteiger partial charge on any atom is -0.200 e. The summed E-state index contributed by atoms with van der Waals surface area (Å²) in [4.78, 5) is 0. The van der Waals surface area contributed by atoms with Gasteiger partial charge in [-0.15, -0.1) is 0 Å².